The summed E-state index contributed by atoms with van der Waals surface area (Å²) < 4.78 is 29.2. The molecule has 0 unspecified atom stereocenters. The van der Waals surface area contributed by atoms with Crippen LogP contribution in [0.15, 0.2) is 59.8 Å². The van der Waals surface area contributed by atoms with Crippen LogP contribution in [0.25, 0.3) is 0 Å². The molecule has 2 heterocycles. The first-order valence-electron chi connectivity index (χ1n) is 7.11. The van der Waals surface area contributed by atoms with Crippen molar-refractivity contribution in [2.24, 2.45) is 0 Å². The van der Waals surface area contributed by atoms with E-state index in [4.69, 9.17) is 4.55 Å². The summed E-state index contributed by atoms with van der Waals surface area (Å²) in [5, 5.41) is 0. The highest BCUT2D eigenvalue weighted by Gasteiger charge is 2.21. The summed E-state index contributed by atoms with van der Waals surface area (Å²) >= 11 is 0. The van der Waals surface area contributed by atoms with Crippen molar-refractivity contribution in [3.05, 3.63) is 60.4 Å². The van der Waals surface area contributed by atoms with Gasteiger partial charge in [-0.15, -0.1) is 0 Å². The van der Waals surface area contributed by atoms with Crippen molar-refractivity contribution < 1.29 is 13.0 Å². The van der Waals surface area contributed by atoms with E-state index in [0.717, 1.165) is 0 Å². The first kappa shape index (κ1) is 16.6. The number of aromatic nitrogens is 1. The van der Waals surface area contributed by atoms with Crippen molar-refractivity contribution >= 4 is 10.1 Å². The summed E-state index contributed by atoms with van der Waals surface area (Å²) in [5.74, 6) is 0. The fourth-order valence-corrected chi connectivity index (χ4v) is 3.00. The quantitative estimate of drug-likeness (QED) is 0.862. The van der Waals surface area contributed by atoms with Crippen LogP contribution in [0.2, 0.25) is 0 Å². The van der Waals surface area contributed by atoms with Gasteiger partial charge in [-0.1, -0.05) is 24.3 Å². The molecule has 0 amide bonds. The molecule has 1 aliphatic heterocycles. The predicted molar refractivity (Wildman–Crippen MR) is 85.1 cm³/mol. The molecule has 0 spiro atoms. The first-order valence-corrected chi connectivity index (χ1v) is 8.55. The van der Waals surface area contributed by atoms with E-state index in [0.29, 0.717) is 6.04 Å². The Morgan fingerprint density at radius 2 is 1.91 bits per heavy atom. The number of likely N-dealkylation sites (tertiary alicyclic amines) is 1. The number of pyridine rings is 1. The Labute approximate surface area is 131 Å². The van der Waals surface area contributed by atoms with Crippen molar-refractivity contribution in [2.75, 3.05) is 13.6 Å². The van der Waals surface area contributed by atoms with Crippen LogP contribution < -0.4 is 0 Å². The molecule has 2 aromatic rings. The van der Waals surface area contributed by atoms with Gasteiger partial charge in [-0.05, 0) is 50.2 Å². The van der Waals surface area contributed by atoms with Gasteiger partial charge in [-0.3, -0.25) is 14.4 Å². The van der Waals surface area contributed by atoms with Crippen molar-refractivity contribution in [3.63, 3.8) is 0 Å². The van der Waals surface area contributed by atoms with Crippen LogP contribution in [0.5, 0.6) is 0 Å². The molecule has 1 aromatic carbocycles. The Kier molecular flexibility index (Phi) is 5.65. The van der Waals surface area contributed by atoms with Crippen molar-refractivity contribution in [3.8, 4) is 0 Å². The van der Waals surface area contributed by atoms with Crippen LogP contribution in [0, 0.1) is 0 Å². The second-order valence-electron chi connectivity index (χ2n) is 5.21. The first-order chi connectivity index (χ1) is 10.5. The lowest BCUT2D eigenvalue weighted by atomic mass is 10.1. The monoisotopic (exact) mass is 320 g/mol. The minimum absolute atomic E-state index is 0.0741. The maximum absolute atomic E-state index is 10.4. The molecule has 1 saturated heterocycles. The smallest absolute Gasteiger partial charge is 0.294 e. The van der Waals surface area contributed by atoms with Crippen molar-refractivity contribution in [2.45, 2.75) is 23.8 Å². The molecule has 0 radical (unpaired) electrons. The average Bonchev–Trinajstić information content (AvgIpc) is 2.95. The van der Waals surface area contributed by atoms with E-state index in [9.17, 15) is 8.42 Å². The van der Waals surface area contributed by atoms with E-state index in [2.05, 4.69) is 23.0 Å². The van der Waals surface area contributed by atoms with Crippen molar-refractivity contribution in [1.29, 1.82) is 0 Å². The van der Waals surface area contributed by atoms with E-state index in [-0.39, 0.29) is 4.90 Å². The maximum atomic E-state index is 10.4. The maximum Gasteiger partial charge on any atom is 0.294 e. The van der Waals surface area contributed by atoms with Gasteiger partial charge in [-0.25, -0.2) is 0 Å². The van der Waals surface area contributed by atoms with Crippen LogP contribution in [-0.2, 0) is 10.1 Å². The Bertz CT molecular complexity index is 675. The van der Waals surface area contributed by atoms with Gasteiger partial charge in [0.15, 0.2) is 0 Å². The molecule has 1 fully saturated rings. The third kappa shape index (κ3) is 4.62. The summed E-state index contributed by atoms with van der Waals surface area (Å²) in [6, 6.07) is 12.2. The Balaban J connectivity index is 0.000000164. The third-order valence-electron chi connectivity index (χ3n) is 3.63. The highest BCUT2D eigenvalue weighted by atomic mass is 32.2. The predicted octanol–water partition coefficient (Wildman–Crippen LogP) is 2.78. The van der Waals surface area contributed by atoms with E-state index in [1.165, 1.54) is 37.1 Å². The molecule has 0 aliphatic carbocycles. The lowest BCUT2D eigenvalue weighted by molar-refractivity contribution is 0.317. The van der Waals surface area contributed by atoms with Crippen LogP contribution in [-0.4, -0.2) is 36.4 Å². The minimum atomic E-state index is -4.00. The summed E-state index contributed by atoms with van der Waals surface area (Å²) in [5.41, 5.74) is 1.36. The summed E-state index contributed by atoms with van der Waals surface area (Å²) in [7, 11) is -1.82. The molecule has 6 heteroatoms. The van der Waals surface area contributed by atoms with Gasteiger partial charge in [0.2, 0.25) is 0 Å². The highest BCUT2D eigenvalue weighted by molar-refractivity contribution is 7.85. The summed E-state index contributed by atoms with van der Waals surface area (Å²) in [6.45, 7) is 1.22. The molecule has 0 saturated carbocycles. The molecule has 118 valence electrons. The third-order valence-corrected chi connectivity index (χ3v) is 4.50. The van der Waals surface area contributed by atoms with Gasteiger partial charge >= 0.3 is 0 Å². The Hall–Kier alpha value is -1.76. The van der Waals surface area contributed by atoms with Crippen LogP contribution in [0.1, 0.15) is 24.4 Å². The average molecular weight is 320 g/mol. The van der Waals surface area contributed by atoms with Crippen molar-refractivity contribution in [1.82, 2.24) is 9.88 Å². The number of benzene rings is 1. The number of hydrogen-bond acceptors (Lipinski definition) is 4. The molecule has 1 aliphatic rings. The zero-order valence-electron chi connectivity index (χ0n) is 12.5. The Morgan fingerprint density at radius 3 is 2.36 bits per heavy atom. The molecule has 1 aromatic heterocycles. The normalized spacial score (nSPS) is 18.5. The SMILES string of the molecule is CN1CCC[C@H]1c1cccnc1.O=S(=O)(O)c1ccccc1. The van der Waals surface area contributed by atoms with Crippen LogP contribution in [0.4, 0.5) is 0 Å². The highest BCUT2D eigenvalue weighted by Crippen LogP contribution is 2.29. The lowest BCUT2D eigenvalue weighted by Crippen LogP contribution is -2.17. The van der Waals surface area contributed by atoms with Gasteiger partial charge in [0, 0.05) is 18.4 Å². The molecule has 5 nitrogen and oxygen atoms in total. The van der Waals surface area contributed by atoms with Gasteiger partial charge in [0.25, 0.3) is 10.1 Å². The fraction of sp³-hybridized carbons (Fsp3) is 0.312. The van der Waals surface area contributed by atoms with E-state index in [1.54, 1.807) is 18.2 Å². The second-order valence-corrected chi connectivity index (χ2v) is 6.63. The van der Waals surface area contributed by atoms with Gasteiger partial charge < -0.3 is 0 Å². The Morgan fingerprint density at radius 1 is 1.18 bits per heavy atom. The largest absolute Gasteiger partial charge is 0.299 e. The van der Waals surface area contributed by atoms with E-state index < -0.39 is 10.1 Å². The molecule has 1 atom stereocenters. The molecule has 22 heavy (non-hydrogen) atoms. The van der Waals surface area contributed by atoms with Gasteiger partial charge in [0.1, 0.15) is 0 Å². The molecule has 3 rings (SSSR count). The number of hydrogen-bond donors (Lipinski definition) is 1. The van der Waals surface area contributed by atoms with Crippen LogP contribution in [0.3, 0.4) is 0 Å². The number of nitrogens with zero attached hydrogens (tertiary/aromatic N) is 2. The standard InChI is InChI=1S/C10H14N2.C6H6O3S/c1-12-7-3-5-10(12)9-4-2-6-11-8-9;7-10(8,9)6-4-2-1-3-5-6/h2,4,6,8,10H,3,5,7H2,1H3;1-5H,(H,7,8,9)/t10-;/m0./s1. The zero-order valence-corrected chi connectivity index (χ0v) is 13.3. The molecular formula is C16H20N2O3S. The van der Waals surface area contributed by atoms with Gasteiger partial charge in [0.05, 0.1) is 4.90 Å². The van der Waals surface area contributed by atoms with E-state index >= 15 is 0 Å². The number of rotatable bonds is 2. The van der Waals surface area contributed by atoms with Crippen LogP contribution >= 0.6 is 0 Å². The van der Waals surface area contributed by atoms with E-state index in [1.807, 2.05) is 18.5 Å². The fourth-order valence-electron chi connectivity index (χ4n) is 2.50. The summed E-state index contributed by atoms with van der Waals surface area (Å²) in [6.07, 6.45) is 6.41. The molecule has 1 N–H and O–H groups in total. The zero-order chi connectivity index (χ0) is 16.0. The summed E-state index contributed by atoms with van der Waals surface area (Å²) in [4.78, 5) is 6.46. The topological polar surface area (TPSA) is 70.5 Å². The van der Waals surface area contributed by atoms with Gasteiger partial charge in [-0.2, -0.15) is 8.42 Å². The minimum Gasteiger partial charge on any atom is -0.299 e. The lowest BCUT2D eigenvalue weighted by Gasteiger charge is -2.18. The molecular weight excluding hydrogens is 300 g/mol. The second kappa shape index (κ2) is 7.49. The molecule has 0 bridgehead atoms.